The van der Waals surface area contributed by atoms with E-state index in [1.54, 1.807) is 24.6 Å². The first-order chi connectivity index (χ1) is 15.7. The zero-order valence-electron chi connectivity index (χ0n) is 18.2. The molecule has 6 nitrogen and oxygen atoms in total. The maximum atomic E-state index is 11.0. The van der Waals surface area contributed by atoms with Crippen LogP contribution in [-0.4, -0.2) is 52.8 Å². The molecule has 1 aliphatic heterocycles. The van der Waals surface area contributed by atoms with Crippen LogP contribution in [0.4, 0.5) is 0 Å². The summed E-state index contributed by atoms with van der Waals surface area (Å²) in [6, 6.07) is 16.5. The Morgan fingerprint density at radius 1 is 1.16 bits per heavy atom. The van der Waals surface area contributed by atoms with Crippen LogP contribution in [0.5, 0.6) is 5.75 Å². The number of methoxy groups -OCH3 is 1. The second-order valence-corrected chi connectivity index (χ2v) is 9.45. The third kappa shape index (κ3) is 4.61. The highest BCUT2D eigenvalue weighted by atomic mass is 32.1. The molecule has 1 fully saturated rings. The molecule has 0 bridgehead atoms. The molecule has 2 aromatic carbocycles. The van der Waals surface area contributed by atoms with E-state index in [2.05, 4.69) is 33.4 Å². The fraction of sp³-hybridized carbons (Fsp3) is 0.360. The number of ether oxygens (including phenoxy) is 1. The van der Waals surface area contributed by atoms with Crippen molar-refractivity contribution in [3.05, 3.63) is 65.3 Å². The third-order valence-electron chi connectivity index (χ3n) is 6.24. The van der Waals surface area contributed by atoms with Crippen molar-refractivity contribution in [3.8, 4) is 5.75 Å². The van der Waals surface area contributed by atoms with Gasteiger partial charge in [0.1, 0.15) is 10.8 Å². The molecule has 0 spiro atoms. The molecule has 0 radical (unpaired) electrons. The molecule has 0 saturated carbocycles. The molecule has 0 aliphatic carbocycles. The van der Waals surface area contributed by atoms with Crippen LogP contribution in [0.15, 0.2) is 54.7 Å². The van der Waals surface area contributed by atoms with Gasteiger partial charge in [-0.05, 0) is 67.9 Å². The summed E-state index contributed by atoms with van der Waals surface area (Å²) >= 11 is 1.76. The summed E-state index contributed by atoms with van der Waals surface area (Å²) in [5.41, 5.74) is 2.87. The molecule has 2 aromatic heterocycles. The molecule has 7 heteroatoms. The molecule has 32 heavy (non-hydrogen) atoms. The Bertz CT molecular complexity index is 1170. The number of hydrogen-bond donors (Lipinski definition) is 2. The van der Waals surface area contributed by atoms with E-state index in [-0.39, 0.29) is 0 Å². The van der Waals surface area contributed by atoms with Crippen LogP contribution in [0.2, 0.25) is 0 Å². The number of aromatic nitrogens is 2. The van der Waals surface area contributed by atoms with E-state index in [0.717, 1.165) is 65.2 Å². The van der Waals surface area contributed by atoms with Crippen LogP contribution in [0.1, 0.15) is 29.5 Å². The lowest BCUT2D eigenvalue weighted by atomic mass is 10.0. The summed E-state index contributed by atoms with van der Waals surface area (Å²) in [5.74, 6) is 0.777. The van der Waals surface area contributed by atoms with Crippen LogP contribution in [0.3, 0.4) is 0 Å². The lowest BCUT2D eigenvalue weighted by molar-refractivity contribution is 0.0949. The molecule has 0 amide bonds. The van der Waals surface area contributed by atoms with Crippen molar-refractivity contribution < 1.29 is 9.84 Å². The van der Waals surface area contributed by atoms with E-state index in [0.29, 0.717) is 12.6 Å². The molecule has 1 saturated heterocycles. The average molecular weight is 449 g/mol. The number of benzene rings is 2. The van der Waals surface area contributed by atoms with Crippen molar-refractivity contribution in [2.24, 2.45) is 0 Å². The number of fused-ring (bicyclic) bond motifs is 2. The number of pyridine rings is 1. The summed E-state index contributed by atoms with van der Waals surface area (Å²) in [6.45, 7) is 3.39. The van der Waals surface area contributed by atoms with E-state index in [9.17, 15) is 5.11 Å². The zero-order valence-corrected chi connectivity index (χ0v) is 19.0. The van der Waals surface area contributed by atoms with Crippen molar-refractivity contribution in [1.29, 1.82) is 0 Å². The monoisotopic (exact) mass is 448 g/mol. The number of aliphatic hydroxyl groups excluding tert-OH is 1. The molecule has 166 valence electrons. The lowest BCUT2D eigenvalue weighted by Gasteiger charge is -2.33. The number of β-amino-alcohol motifs (C(OH)–C–C–N with tert-alkyl or cyclic N) is 1. The average Bonchev–Trinajstić information content (AvgIpc) is 3.26. The molecule has 1 atom stereocenters. The van der Waals surface area contributed by atoms with Crippen LogP contribution in [0, 0.1) is 0 Å². The number of aliphatic hydroxyl groups is 1. The van der Waals surface area contributed by atoms with E-state index in [1.807, 2.05) is 30.3 Å². The first-order valence-corrected chi connectivity index (χ1v) is 11.9. The van der Waals surface area contributed by atoms with E-state index in [4.69, 9.17) is 9.72 Å². The minimum Gasteiger partial charge on any atom is -0.497 e. The summed E-state index contributed by atoms with van der Waals surface area (Å²) in [5, 5.41) is 16.8. The molecule has 3 heterocycles. The van der Waals surface area contributed by atoms with Crippen molar-refractivity contribution in [2.45, 2.75) is 31.5 Å². The van der Waals surface area contributed by atoms with Gasteiger partial charge < -0.3 is 20.1 Å². The topological polar surface area (TPSA) is 70.5 Å². The van der Waals surface area contributed by atoms with Gasteiger partial charge in [0.25, 0.3) is 0 Å². The van der Waals surface area contributed by atoms with Gasteiger partial charge in [-0.15, -0.1) is 11.3 Å². The second-order valence-electron chi connectivity index (χ2n) is 8.33. The summed E-state index contributed by atoms with van der Waals surface area (Å²) in [4.78, 5) is 11.5. The predicted octanol–water partition coefficient (Wildman–Crippen LogP) is 4.14. The maximum absolute atomic E-state index is 11.0. The number of rotatable bonds is 7. The smallest absolute Gasteiger partial charge is 0.119 e. The minimum atomic E-state index is -0.556. The number of nitrogens with one attached hydrogen (secondary N) is 1. The number of piperidine rings is 1. The number of nitrogens with zero attached hydrogens (tertiary/aromatic N) is 3. The SMILES string of the molecule is COc1ccc2nccc([C@@H](O)CN3CCC(NCc4nc5ccccc5s4)CC3)c2c1. The normalized spacial score (nSPS) is 16.6. The standard InChI is InChI=1S/C25H28N4O2S/c1-31-18-6-7-21-20(14-18)19(8-11-26-21)23(30)16-29-12-9-17(10-13-29)27-15-25-28-22-4-2-3-5-24(22)32-25/h2-8,11,14,17,23,27,30H,9-10,12-13,15-16H2,1H3/t23-/m0/s1. The lowest BCUT2D eigenvalue weighted by Crippen LogP contribution is -2.43. The number of hydrogen-bond acceptors (Lipinski definition) is 7. The number of thiazole rings is 1. The fourth-order valence-electron chi connectivity index (χ4n) is 4.45. The number of para-hydroxylation sites is 1. The first-order valence-electron chi connectivity index (χ1n) is 11.1. The van der Waals surface area contributed by atoms with Gasteiger partial charge in [-0.25, -0.2) is 4.98 Å². The highest BCUT2D eigenvalue weighted by Crippen LogP contribution is 2.28. The Balaban J connectivity index is 1.16. The van der Waals surface area contributed by atoms with Gasteiger partial charge in [0.15, 0.2) is 0 Å². The van der Waals surface area contributed by atoms with Crippen molar-refractivity contribution in [2.75, 3.05) is 26.7 Å². The molecule has 2 N–H and O–H groups in total. The first kappa shape index (κ1) is 21.3. The Labute approximate surface area is 191 Å². The molecule has 0 unspecified atom stereocenters. The maximum Gasteiger partial charge on any atom is 0.119 e. The number of likely N-dealkylation sites (tertiary alicyclic amines) is 1. The highest BCUT2D eigenvalue weighted by Gasteiger charge is 2.22. The zero-order chi connectivity index (χ0) is 21.9. The Morgan fingerprint density at radius 3 is 2.81 bits per heavy atom. The van der Waals surface area contributed by atoms with Gasteiger partial charge in [-0.3, -0.25) is 4.98 Å². The highest BCUT2D eigenvalue weighted by molar-refractivity contribution is 7.18. The Hall–Kier alpha value is -2.58. The van der Waals surface area contributed by atoms with Gasteiger partial charge in [0, 0.05) is 30.7 Å². The molecule has 1 aliphatic rings. The summed E-state index contributed by atoms with van der Waals surface area (Å²) in [7, 11) is 1.66. The largest absolute Gasteiger partial charge is 0.497 e. The van der Waals surface area contributed by atoms with Gasteiger partial charge in [-0.1, -0.05) is 12.1 Å². The van der Waals surface area contributed by atoms with E-state index >= 15 is 0 Å². The molecular weight excluding hydrogens is 420 g/mol. The van der Waals surface area contributed by atoms with Crippen LogP contribution < -0.4 is 10.1 Å². The van der Waals surface area contributed by atoms with Gasteiger partial charge in [-0.2, -0.15) is 0 Å². The molecular formula is C25H28N4O2S. The fourth-order valence-corrected chi connectivity index (χ4v) is 5.37. The van der Waals surface area contributed by atoms with Crippen LogP contribution >= 0.6 is 11.3 Å². The van der Waals surface area contributed by atoms with Gasteiger partial charge in [0.05, 0.1) is 28.9 Å². The Morgan fingerprint density at radius 2 is 2.00 bits per heavy atom. The quantitative estimate of drug-likeness (QED) is 0.443. The Kier molecular flexibility index (Phi) is 6.32. The third-order valence-corrected chi connectivity index (χ3v) is 7.28. The summed E-state index contributed by atoms with van der Waals surface area (Å²) in [6.07, 6.45) is 3.36. The molecule has 4 aromatic rings. The van der Waals surface area contributed by atoms with Crippen molar-refractivity contribution in [1.82, 2.24) is 20.2 Å². The van der Waals surface area contributed by atoms with Crippen LogP contribution in [-0.2, 0) is 6.54 Å². The van der Waals surface area contributed by atoms with E-state index < -0.39 is 6.10 Å². The van der Waals surface area contributed by atoms with Crippen molar-refractivity contribution >= 4 is 32.5 Å². The van der Waals surface area contributed by atoms with Gasteiger partial charge in [0.2, 0.25) is 0 Å². The minimum absolute atomic E-state index is 0.487. The molecule has 5 rings (SSSR count). The van der Waals surface area contributed by atoms with Crippen LogP contribution in [0.25, 0.3) is 21.1 Å². The van der Waals surface area contributed by atoms with Crippen molar-refractivity contribution in [3.63, 3.8) is 0 Å². The summed E-state index contributed by atoms with van der Waals surface area (Å²) < 4.78 is 6.61. The van der Waals surface area contributed by atoms with Gasteiger partial charge >= 0.3 is 0 Å². The van der Waals surface area contributed by atoms with E-state index in [1.165, 1.54) is 4.70 Å². The second kappa shape index (κ2) is 9.50. The predicted molar refractivity (Wildman–Crippen MR) is 129 cm³/mol.